The van der Waals surface area contributed by atoms with E-state index in [4.69, 9.17) is 9.47 Å². The molecule has 8 nitrogen and oxygen atoms in total. The Morgan fingerprint density at radius 2 is 1.44 bits per heavy atom. The predicted octanol–water partition coefficient (Wildman–Crippen LogP) is 7.74. The van der Waals surface area contributed by atoms with Crippen LogP contribution in [-0.4, -0.2) is 54.8 Å². The molecule has 0 N–H and O–H groups in total. The van der Waals surface area contributed by atoms with Gasteiger partial charge in [0.2, 0.25) is 0 Å². The van der Waals surface area contributed by atoms with Crippen LogP contribution in [0.25, 0.3) is 16.8 Å². The van der Waals surface area contributed by atoms with Crippen molar-refractivity contribution in [2.75, 3.05) is 30.4 Å². The van der Waals surface area contributed by atoms with Gasteiger partial charge in [0.05, 0.1) is 11.4 Å². The smallest absolute Gasteiger partial charge is 0.424 e. The first-order valence-electron chi connectivity index (χ1n) is 14.6. The van der Waals surface area contributed by atoms with E-state index in [2.05, 4.69) is 24.0 Å². The number of hydrogen-bond acceptors (Lipinski definition) is 6. The molecule has 1 heterocycles. The van der Waals surface area contributed by atoms with Crippen molar-refractivity contribution >= 4 is 46.3 Å². The topological polar surface area (TPSA) is 79.4 Å². The number of anilines is 2. The van der Waals surface area contributed by atoms with Gasteiger partial charge in [-0.05, 0) is 89.9 Å². The van der Waals surface area contributed by atoms with E-state index < -0.39 is 23.4 Å². The van der Waals surface area contributed by atoms with E-state index in [1.54, 1.807) is 64.7 Å². The number of imide groups is 1. The number of ether oxygens (including phenoxy) is 2. The van der Waals surface area contributed by atoms with Gasteiger partial charge in [-0.25, -0.2) is 9.59 Å². The Kier molecular flexibility index (Phi) is 9.02. The molecule has 0 fully saturated rings. The van der Waals surface area contributed by atoms with Crippen molar-refractivity contribution < 1.29 is 23.9 Å². The van der Waals surface area contributed by atoms with Crippen LogP contribution >= 0.6 is 0 Å². The number of carbonyl (C=O) groups excluding carboxylic acids is 3. The molecule has 0 saturated carbocycles. The van der Waals surface area contributed by atoms with Crippen molar-refractivity contribution in [2.45, 2.75) is 72.1 Å². The van der Waals surface area contributed by atoms with Gasteiger partial charge >= 0.3 is 12.2 Å². The van der Waals surface area contributed by atoms with Gasteiger partial charge in [0.1, 0.15) is 11.2 Å². The summed E-state index contributed by atoms with van der Waals surface area (Å²) >= 11 is 0. The summed E-state index contributed by atoms with van der Waals surface area (Å²) < 4.78 is 11.3. The second-order valence-corrected chi connectivity index (χ2v) is 13.3. The minimum absolute atomic E-state index is 0.0353. The molecule has 0 aliphatic carbocycles. The zero-order valence-corrected chi connectivity index (χ0v) is 26.7. The fourth-order valence-corrected chi connectivity index (χ4v) is 5.21. The summed E-state index contributed by atoms with van der Waals surface area (Å²) in [4.78, 5) is 45.5. The Balaban J connectivity index is 1.78. The molecule has 1 unspecified atom stereocenters. The predicted molar refractivity (Wildman–Crippen MR) is 173 cm³/mol. The molecule has 0 spiro atoms. The van der Waals surface area contributed by atoms with Crippen LogP contribution in [-0.2, 0) is 20.8 Å². The van der Waals surface area contributed by atoms with E-state index in [1.165, 1.54) is 5.56 Å². The van der Waals surface area contributed by atoms with Gasteiger partial charge in [-0.1, -0.05) is 55.5 Å². The molecular formula is C35H43N3O5. The van der Waals surface area contributed by atoms with Gasteiger partial charge in [0.25, 0.3) is 5.91 Å². The minimum Gasteiger partial charge on any atom is -0.443 e. The maximum Gasteiger partial charge on any atom is 0.424 e. The fraction of sp³-hybridized carbons (Fsp3) is 0.400. The molecule has 1 aliphatic heterocycles. The SMILES string of the molecule is CC1CN(C(=O)/C=C/c2ccc(CN(C)C)cc2)c2cc(N(C(=O)OC(C)(C)C)C(=O)OC(C)(C)C)c3ccccc3c21. The second kappa shape index (κ2) is 12.2. The van der Waals surface area contributed by atoms with Crippen molar-refractivity contribution in [3.8, 4) is 0 Å². The molecule has 43 heavy (non-hydrogen) atoms. The molecule has 0 saturated heterocycles. The van der Waals surface area contributed by atoms with Crippen LogP contribution in [0, 0.1) is 0 Å². The number of amides is 3. The number of benzene rings is 3. The van der Waals surface area contributed by atoms with E-state index in [9.17, 15) is 14.4 Å². The molecule has 0 aromatic heterocycles. The molecule has 1 aliphatic rings. The Bertz CT molecular complexity index is 1520. The lowest BCUT2D eigenvalue weighted by Crippen LogP contribution is -2.44. The zero-order valence-electron chi connectivity index (χ0n) is 26.7. The molecular weight excluding hydrogens is 542 g/mol. The van der Waals surface area contributed by atoms with Gasteiger partial charge in [0, 0.05) is 30.5 Å². The van der Waals surface area contributed by atoms with Crippen LogP contribution in [0.1, 0.15) is 71.1 Å². The maximum atomic E-state index is 13.6. The second-order valence-electron chi connectivity index (χ2n) is 13.3. The molecule has 0 bridgehead atoms. The molecule has 3 aromatic carbocycles. The van der Waals surface area contributed by atoms with Gasteiger partial charge < -0.3 is 19.3 Å². The van der Waals surface area contributed by atoms with Crippen molar-refractivity contribution in [1.29, 1.82) is 0 Å². The van der Waals surface area contributed by atoms with Gasteiger partial charge in [-0.2, -0.15) is 4.90 Å². The van der Waals surface area contributed by atoms with Crippen LogP contribution in [0.4, 0.5) is 21.0 Å². The molecule has 228 valence electrons. The summed E-state index contributed by atoms with van der Waals surface area (Å²) in [6, 6.07) is 17.4. The standard InChI is InChI=1S/C35H43N3O5/c1-23-21-37(30(39)19-18-24-14-16-25(17-15-24)22-36(8)9)29-20-28(26-12-10-11-13-27(26)31(23)29)38(32(40)42-34(2,3)4)33(41)43-35(5,6)7/h10-20,23H,21-22H2,1-9H3/b19-18+. The zero-order chi connectivity index (χ0) is 31.7. The average molecular weight is 586 g/mol. The quantitative estimate of drug-likeness (QED) is 0.285. The number of carbonyl (C=O) groups is 3. The number of hydrogen-bond donors (Lipinski definition) is 0. The summed E-state index contributed by atoms with van der Waals surface area (Å²) in [6.45, 7) is 13.8. The van der Waals surface area contributed by atoms with Crippen molar-refractivity contribution in [1.82, 2.24) is 4.90 Å². The van der Waals surface area contributed by atoms with Crippen LogP contribution in [0.3, 0.4) is 0 Å². The highest BCUT2D eigenvalue weighted by molar-refractivity contribution is 6.18. The van der Waals surface area contributed by atoms with Crippen LogP contribution in [0.2, 0.25) is 0 Å². The molecule has 8 heteroatoms. The van der Waals surface area contributed by atoms with Crippen LogP contribution in [0.5, 0.6) is 0 Å². The van der Waals surface area contributed by atoms with Crippen molar-refractivity contribution in [2.24, 2.45) is 0 Å². The molecule has 4 rings (SSSR count). The molecule has 0 radical (unpaired) electrons. The maximum absolute atomic E-state index is 13.6. The Labute approximate surface area is 254 Å². The lowest BCUT2D eigenvalue weighted by atomic mass is 9.95. The van der Waals surface area contributed by atoms with E-state index in [0.717, 1.165) is 28.0 Å². The van der Waals surface area contributed by atoms with Gasteiger partial charge in [-0.3, -0.25) is 4.79 Å². The molecule has 1 atom stereocenters. The Morgan fingerprint density at radius 3 is 1.98 bits per heavy atom. The summed E-state index contributed by atoms with van der Waals surface area (Å²) in [5, 5.41) is 1.54. The highest BCUT2D eigenvalue weighted by atomic mass is 16.6. The monoisotopic (exact) mass is 585 g/mol. The third-order valence-electron chi connectivity index (χ3n) is 6.84. The third-order valence-corrected chi connectivity index (χ3v) is 6.84. The van der Waals surface area contributed by atoms with E-state index in [0.29, 0.717) is 23.3 Å². The van der Waals surface area contributed by atoms with Gasteiger partial charge in [0.15, 0.2) is 0 Å². The summed E-state index contributed by atoms with van der Waals surface area (Å²) in [6.07, 6.45) is 1.67. The van der Waals surface area contributed by atoms with E-state index in [-0.39, 0.29) is 11.8 Å². The lowest BCUT2D eigenvalue weighted by molar-refractivity contribution is -0.114. The average Bonchev–Trinajstić information content (AvgIpc) is 3.22. The summed E-state index contributed by atoms with van der Waals surface area (Å²) in [5.74, 6) is -0.154. The first-order chi connectivity index (χ1) is 20.0. The Morgan fingerprint density at radius 1 is 0.884 bits per heavy atom. The fourth-order valence-electron chi connectivity index (χ4n) is 5.21. The summed E-state index contributed by atoms with van der Waals surface area (Å²) in [7, 11) is 4.05. The highest BCUT2D eigenvalue weighted by Gasteiger charge is 2.37. The third kappa shape index (κ3) is 7.62. The lowest BCUT2D eigenvalue weighted by Gasteiger charge is -2.30. The van der Waals surface area contributed by atoms with Crippen LogP contribution in [0.15, 0.2) is 60.7 Å². The van der Waals surface area contributed by atoms with Crippen molar-refractivity contribution in [3.63, 3.8) is 0 Å². The Hall–Kier alpha value is -4.17. The normalized spacial score (nSPS) is 15.2. The van der Waals surface area contributed by atoms with Crippen molar-refractivity contribution in [3.05, 3.63) is 77.4 Å². The number of rotatable bonds is 5. The largest absolute Gasteiger partial charge is 0.443 e. The van der Waals surface area contributed by atoms with Crippen LogP contribution < -0.4 is 9.80 Å². The number of fused-ring (bicyclic) bond motifs is 3. The van der Waals surface area contributed by atoms with E-state index >= 15 is 0 Å². The minimum atomic E-state index is -0.853. The number of nitrogens with zero attached hydrogens (tertiary/aromatic N) is 3. The van der Waals surface area contributed by atoms with Gasteiger partial charge in [-0.15, -0.1) is 0 Å². The van der Waals surface area contributed by atoms with E-state index in [1.807, 2.05) is 50.5 Å². The molecule has 3 amide bonds. The first-order valence-corrected chi connectivity index (χ1v) is 14.6. The summed E-state index contributed by atoms with van der Waals surface area (Å²) in [5.41, 5.74) is 2.34. The molecule has 3 aromatic rings. The highest BCUT2D eigenvalue weighted by Crippen LogP contribution is 2.45. The first kappa shape index (κ1) is 31.8.